The van der Waals surface area contributed by atoms with Crippen LogP contribution in [0.5, 0.6) is 0 Å². The maximum absolute atomic E-state index is 12.5. The van der Waals surface area contributed by atoms with Gasteiger partial charge in [0.25, 0.3) is 0 Å². The second-order valence-corrected chi connectivity index (χ2v) is 6.88. The maximum atomic E-state index is 12.5. The van der Waals surface area contributed by atoms with Crippen molar-refractivity contribution in [3.8, 4) is 11.4 Å². The van der Waals surface area contributed by atoms with Crippen molar-refractivity contribution in [1.29, 1.82) is 0 Å². The highest BCUT2D eigenvalue weighted by Gasteiger charge is 2.31. The molecule has 1 atom stereocenters. The predicted molar refractivity (Wildman–Crippen MR) is 83.6 cm³/mol. The van der Waals surface area contributed by atoms with Crippen LogP contribution < -0.4 is 0 Å². The van der Waals surface area contributed by atoms with E-state index in [0.29, 0.717) is 17.4 Å². The first-order valence-electron chi connectivity index (χ1n) is 6.57. The highest BCUT2D eigenvalue weighted by atomic mass is 32.2. The van der Waals surface area contributed by atoms with Gasteiger partial charge in [-0.05, 0) is 11.4 Å². The number of carbonyl (C=O) groups is 1. The number of nitrogens with zero attached hydrogens (tertiary/aromatic N) is 3. The first-order chi connectivity index (χ1) is 10.3. The van der Waals surface area contributed by atoms with Crippen LogP contribution in [-0.2, 0) is 0 Å². The molecule has 104 valence electrons. The minimum absolute atomic E-state index is 0.0611. The molecule has 0 N–H and O–H groups in total. The summed E-state index contributed by atoms with van der Waals surface area (Å²) < 4.78 is 1.64. The van der Waals surface area contributed by atoms with Crippen molar-refractivity contribution in [2.24, 2.45) is 0 Å². The van der Waals surface area contributed by atoms with Crippen molar-refractivity contribution in [1.82, 2.24) is 14.8 Å². The van der Waals surface area contributed by atoms with Crippen LogP contribution in [0.4, 0.5) is 0 Å². The highest BCUT2D eigenvalue weighted by Crippen LogP contribution is 2.43. The standard InChI is InChI=1S/C15H11N3OS2/c19-13-9-12(11-7-4-8-20-11)21-15-17-16-14(18(13)15)10-5-2-1-3-6-10/h1-8,12H,9H2. The fraction of sp³-hybridized carbons (Fsp3) is 0.133. The Balaban J connectivity index is 1.74. The topological polar surface area (TPSA) is 47.8 Å². The third kappa shape index (κ3) is 2.20. The van der Waals surface area contributed by atoms with Gasteiger partial charge in [0.2, 0.25) is 5.91 Å². The molecule has 0 bridgehead atoms. The molecule has 2 aromatic heterocycles. The second kappa shape index (κ2) is 5.13. The lowest BCUT2D eigenvalue weighted by Crippen LogP contribution is -2.20. The average molecular weight is 313 g/mol. The predicted octanol–water partition coefficient (Wildman–Crippen LogP) is 3.88. The lowest BCUT2D eigenvalue weighted by molar-refractivity contribution is 0.0888. The summed E-state index contributed by atoms with van der Waals surface area (Å²) in [6.07, 6.45) is 0.482. The number of hydrogen-bond donors (Lipinski definition) is 0. The van der Waals surface area contributed by atoms with E-state index >= 15 is 0 Å². The lowest BCUT2D eigenvalue weighted by atomic mass is 10.2. The minimum atomic E-state index is 0.0611. The maximum Gasteiger partial charge on any atom is 0.235 e. The lowest BCUT2D eigenvalue weighted by Gasteiger charge is -2.20. The zero-order chi connectivity index (χ0) is 14.2. The van der Waals surface area contributed by atoms with Gasteiger partial charge in [-0.15, -0.1) is 21.5 Å². The fourth-order valence-corrected chi connectivity index (χ4v) is 4.47. The molecule has 4 rings (SSSR count). The third-order valence-electron chi connectivity index (χ3n) is 3.38. The Labute approximate surface area is 129 Å². The summed E-state index contributed by atoms with van der Waals surface area (Å²) in [5.74, 6) is 0.693. The largest absolute Gasteiger partial charge is 0.274 e. The van der Waals surface area contributed by atoms with Gasteiger partial charge in [-0.1, -0.05) is 48.2 Å². The molecule has 1 aromatic carbocycles. The molecule has 0 fully saturated rings. The van der Waals surface area contributed by atoms with E-state index in [9.17, 15) is 4.79 Å². The Kier molecular flexibility index (Phi) is 3.12. The zero-order valence-corrected chi connectivity index (χ0v) is 12.6. The third-order valence-corrected chi connectivity index (χ3v) is 5.70. The van der Waals surface area contributed by atoms with Crippen molar-refractivity contribution in [2.45, 2.75) is 16.8 Å². The number of rotatable bonds is 2. The number of hydrogen-bond acceptors (Lipinski definition) is 5. The molecular formula is C15H11N3OS2. The molecule has 21 heavy (non-hydrogen) atoms. The Hall–Kier alpha value is -1.92. The van der Waals surface area contributed by atoms with Gasteiger partial charge in [-0.3, -0.25) is 4.79 Å². The van der Waals surface area contributed by atoms with E-state index in [0.717, 1.165) is 5.56 Å². The van der Waals surface area contributed by atoms with Crippen molar-refractivity contribution < 1.29 is 4.79 Å². The van der Waals surface area contributed by atoms with Gasteiger partial charge < -0.3 is 0 Å². The number of benzene rings is 1. The molecule has 0 amide bonds. The Morgan fingerprint density at radius 1 is 1.10 bits per heavy atom. The van der Waals surface area contributed by atoms with Crippen LogP contribution in [0, 0.1) is 0 Å². The first kappa shape index (κ1) is 12.8. The van der Waals surface area contributed by atoms with Crippen LogP contribution in [0.15, 0.2) is 53.0 Å². The van der Waals surface area contributed by atoms with Crippen LogP contribution in [0.2, 0.25) is 0 Å². The average Bonchev–Trinajstić information content (AvgIpc) is 3.17. The van der Waals surface area contributed by atoms with E-state index in [-0.39, 0.29) is 11.2 Å². The summed E-state index contributed by atoms with van der Waals surface area (Å²) in [5.41, 5.74) is 0.916. The second-order valence-electron chi connectivity index (χ2n) is 4.73. The summed E-state index contributed by atoms with van der Waals surface area (Å²) in [6.45, 7) is 0. The van der Waals surface area contributed by atoms with Gasteiger partial charge in [-0.25, -0.2) is 4.57 Å². The van der Waals surface area contributed by atoms with Crippen LogP contribution in [0.3, 0.4) is 0 Å². The summed E-state index contributed by atoms with van der Waals surface area (Å²) in [5, 5.41) is 11.3. The summed E-state index contributed by atoms with van der Waals surface area (Å²) in [7, 11) is 0. The normalized spacial score (nSPS) is 17.7. The summed E-state index contributed by atoms with van der Waals surface area (Å²) in [6, 6.07) is 13.8. The SMILES string of the molecule is O=C1CC(c2cccs2)Sc2nnc(-c3ccccc3)n21. The van der Waals surface area contributed by atoms with E-state index in [1.165, 1.54) is 4.88 Å². The Morgan fingerprint density at radius 3 is 2.71 bits per heavy atom. The smallest absolute Gasteiger partial charge is 0.235 e. The van der Waals surface area contributed by atoms with Crippen molar-refractivity contribution in [3.05, 3.63) is 52.7 Å². The number of thioether (sulfide) groups is 1. The van der Waals surface area contributed by atoms with E-state index in [1.807, 2.05) is 41.8 Å². The van der Waals surface area contributed by atoms with Gasteiger partial charge in [-0.2, -0.15) is 0 Å². The summed E-state index contributed by atoms with van der Waals surface area (Å²) in [4.78, 5) is 13.7. The first-order valence-corrected chi connectivity index (χ1v) is 8.33. The highest BCUT2D eigenvalue weighted by molar-refractivity contribution is 7.99. The van der Waals surface area contributed by atoms with Gasteiger partial charge in [0.1, 0.15) is 0 Å². The van der Waals surface area contributed by atoms with E-state index in [4.69, 9.17) is 0 Å². The molecule has 4 nitrogen and oxygen atoms in total. The molecular weight excluding hydrogens is 302 g/mol. The van der Waals surface area contributed by atoms with E-state index in [1.54, 1.807) is 27.7 Å². The van der Waals surface area contributed by atoms with Crippen LogP contribution in [0.25, 0.3) is 11.4 Å². The van der Waals surface area contributed by atoms with Crippen molar-refractivity contribution in [3.63, 3.8) is 0 Å². The van der Waals surface area contributed by atoms with Crippen molar-refractivity contribution in [2.75, 3.05) is 0 Å². The Morgan fingerprint density at radius 2 is 1.95 bits per heavy atom. The van der Waals surface area contributed by atoms with Gasteiger partial charge in [0.05, 0.1) is 5.25 Å². The molecule has 1 unspecified atom stereocenters. The zero-order valence-electron chi connectivity index (χ0n) is 11.0. The fourth-order valence-electron chi connectivity index (χ4n) is 2.40. The molecule has 0 saturated heterocycles. The van der Waals surface area contributed by atoms with Crippen molar-refractivity contribution >= 4 is 29.0 Å². The summed E-state index contributed by atoms with van der Waals surface area (Å²) >= 11 is 3.29. The van der Waals surface area contributed by atoms with Crippen LogP contribution in [0.1, 0.15) is 21.3 Å². The monoisotopic (exact) mass is 313 g/mol. The van der Waals surface area contributed by atoms with E-state index in [2.05, 4.69) is 16.3 Å². The number of aromatic nitrogens is 3. The molecule has 6 heteroatoms. The molecule has 3 aromatic rings. The van der Waals surface area contributed by atoms with E-state index < -0.39 is 0 Å². The minimum Gasteiger partial charge on any atom is -0.274 e. The van der Waals surface area contributed by atoms with Gasteiger partial charge in [0.15, 0.2) is 11.0 Å². The molecule has 1 aliphatic rings. The molecule has 0 aliphatic carbocycles. The molecule has 0 spiro atoms. The molecule has 3 heterocycles. The van der Waals surface area contributed by atoms with Crippen LogP contribution >= 0.6 is 23.1 Å². The van der Waals surface area contributed by atoms with Gasteiger partial charge in [0, 0.05) is 16.9 Å². The number of fused-ring (bicyclic) bond motifs is 1. The number of carbonyl (C=O) groups excluding carboxylic acids is 1. The molecule has 0 radical (unpaired) electrons. The number of thiophene rings is 1. The molecule has 1 aliphatic heterocycles. The quantitative estimate of drug-likeness (QED) is 0.720. The van der Waals surface area contributed by atoms with Gasteiger partial charge >= 0.3 is 0 Å². The Bertz CT molecular complexity index is 781. The molecule has 0 saturated carbocycles. The van der Waals surface area contributed by atoms with Crippen LogP contribution in [-0.4, -0.2) is 20.7 Å².